The highest BCUT2D eigenvalue weighted by Gasteiger charge is 2.23. The lowest BCUT2D eigenvalue weighted by molar-refractivity contribution is 0.0700. The van der Waals surface area contributed by atoms with Gasteiger partial charge in [0, 0.05) is 13.1 Å². The number of rotatable bonds is 4. The standard InChI is InChI=1S/C14H22N2O2S/c1-3-10(2)11-12(13(17)18)19-14(15-11)16-8-6-4-5-7-9-16/h10H,3-9H2,1-2H3,(H,17,18). The molecule has 19 heavy (non-hydrogen) atoms. The molecule has 0 amide bonds. The number of carboxylic acids is 1. The van der Waals surface area contributed by atoms with E-state index in [9.17, 15) is 9.90 Å². The van der Waals surface area contributed by atoms with E-state index in [0.29, 0.717) is 4.88 Å². The first-order valence-electron chi connectivity index (χ1n) is 7.12. The first kappa shape index (κ1) is 14.3. The highest BCUT2D eigenvalue weighted by Crippen LogP contribution is 2.33. The molecule has 1 fully saturated rings. The molecule has 0 spiro atoms. The van der Waals surface area contributed by atoms with Gasteiger partial charge in [-0.25, -0.2) is 9.78 Å². The van der Waals surface area contributed by atoms with Crippen molar-refractivity contribution in [2.45, 2.75) is 51.9 Å². The zero-order valence-electron chi connectivity index (χ0n) is 11.7. The minimum Gasteiger partial charge on any atom is -0.477 e. The highest BCUT2D eigenvalue weighted by atomic mass is 32.1. The molecule has 1 aliphatic heterocycles. The van der Waals surface area contributed by atoms with Gasteiger partial charge in [0.2, 0.25) is 0 Å². The summed E-state index contributed by atoms with van der Waals surface area (Å²) >= 11 is 1.34. The number of carbonyl (C=O) groups is 1. The molecule has 5 heteroatoms. The fraction of sp³-hybridized carbons (Fsp3) is 0.714. The van der Waals surface area contributed by atoms with Gasteiger partial charge in [-0.3, -0.25) is 0 Å². The van der Waals surface area contributed by atoms with E-state index >= 15 is 0 Å². The number of aromatic nitrogens is 1. The molecule has 2 rings (SSSR count). The summed E-state index contributed by atoms with van der Waals surface area (Å²) in [5.41, 5.74) is 0.763. The Kier molecular flexibility index (Phi) is 4.80. The van der Waals surface area contributed by atoms with Crippen molar-refractivity contribution in [3.8, 4) is 0 Å². The van der Waals surface area contributed by atoms with Gasteiger partial charge in [-0.05, 0) is 25.2 Å². The molecule has 1 aromatic heterocycles. The van der Waals surface area contributed by atoms with Gasteiger partial charge < -0.3 is 10.0 Å². The van der Waals surface area contributed by atoms with Crippen LogP contribution in [-0.4, -0.2) is 29.1 Å². The molecule has 106 valence electrons. The van der Waals surface area contributed by atoms with Gasteiger partial charge in [0.05, 0.1) is 5.69 Å². The fourth-order valence-corrected chi connectivity index (χ4v) is 3.47. The summed E-state index contributed by atoms with van der Waals surface area (Å²) in [6.45, 7) is 6.13. The Balaban J connectivity index is 2.28. The minimum absolute atomic E-state index is 0.211. The van der Waals surface area contributed by atoms with Crippen molar-refractivity contribution in [2.24, 2.45) is 0 Å². The first-order valence-corrected chi connectivity index (χ1v) is 7.94. The van der Waals surface area contributed by atoms with Crippen molar-refractivity contribution in [2.75, 3.05) is 18.0 Å². The Morgan fingerprint density at radius 2 is 2.00 bits per heavy atom. The van der Waals surface area contributed by atoms with Crippen LogP contribution in [0.4, 0.5) is 5.13 Å². The van der Waals surface area contributed by atoms with Crippen LogP contribution < -0.4 is 4.90 Å². The lowest BCUT2D eigenvalue weighted by atomic mass is 10.0. The van der Waals surface area contributed by atoms with Crippen LogP contribution in [0.15, 0.2) is 0 Å². The SMILES string of the molecule is CCC(C)c1nc(N2CCCCCC2)sc1C(=O)O. The van der Waals surface area contributed by atoms with Crippen LogP contribution in [0.25, 0.3) is 0 Å². The maximum Gasteiger partial charge on any atom is 0.347 e. The van der Waals surface area contributed by atoms with Crippen molar-refractivity contribution >= 4 is 22.4 Å². The average Bonchev–Trinajstić information content (AvgIpc) is 2.67. The molecule has 1 unspecified atom stereocenters. The molecule has 1 saturated heterocycles. The summed E-state index contributed by atoms with van der Waals surface area (Å²) in [5, 5.41) is 10.2. The second kappa shape index (κ2) is 6.37. The summed E-state index contributed by atoms with van der Waals surface area (Å²) < 4.78 is 0. The summed E-state index contributed by atoms with van der Waals surface area (Å²) in [6.07, 6.45) is 5.82. The number of hydrogen-bond donors (Lipinski definition) is 1. The summed E-state index contributed by atoms with van der Waals surface area (Å²) in [4.78, 5) is 18.7. The number of carboxylic acid groups (broad SMARTS) is 1. The summed E-state index contributed by atoms with van der Waals surface area (Å²) in [6, 6.07) is 0. The second-order valence-electron chi connectivity index (χ2n) is 5.23. The van der Waals surface area contributed by atoms with Crippen molar-refractivity contribution in [1.82, 2.24) is 4.98 Å². The van der Waals surface area contributed by atoms with Crippen LogP contribution in [0, 0.1) is 0 Å². The third-order valence-corrected chi connectivity index (χ3v) is 4.91. The number of aromatic carboxylic acids is 1. The van der Waals surface area contributed by atoms with Crippen LogP contribution >= 0.6 is 11.3 Å². The van der Waals surface area contributed by atoms with Crippen molar-refractivity contribution < 1.29 is 9.90 Å². The lowest BCUT2D eigenvalue weighted by Crippen LogP contribution is -2.23. The normalized spacial score (nSPS) is 18.1. The van der Waals surface area contributed by atoms with Crippen LogP contribution in [0.3, 0.4) is 0 Å². The van der Waals surface area contributed by atoms with Gasteiger partial charge in [-0.15, -0.1) is 0 Å². The molecule has 0 radical (unpaired) electrons. The average molecular weight is 282 g/mol. The molecule has 0 aromatic carbocycles. The Hall–Kier alpha value is -1.10. The summed E-state index contributed by atoms with van der Waals surface area (Å²) in [5.74, 6) is -0.628. The van der Waals surface area contributed by atoms with E-state index < -0.39 is 5.97 Å². The zero-order valence-corrected chi connectivity index (χ0v) is 12.5. The Morgan fingerprint density at radius 1 is 1.37 bits per heavy atom. The van der Waals surface area contributed by atoms with Gasteiger partial charge in [-0.2, -0.15) is 0 Å². The smallest absolute Gasteiger partial charge is 0.347 e. The molecule has 1 aromatic rings. The van der Waals surface area contributed by atoms with Crippen LogP contribution in [0.2, 0.25) is 0 Å². The van der Waals surface area contributed by atoms with E-state index in [0.717, 1.165) is 30.3 Å². The Morgan fingerprint density at radius 3 is 2.53 bits per heavy atom. The van der Waals surface area contributed by atoms with Crippen LogP contribution in [-0.2, 0) is 0 Å². The number of nitrogens with zero attached hydrogens (tertiary/aromatic N) is 2. The first-order chi connectivity index (χ1) is 9.13. The minimum atomic E-state index is -0.839. The summed E-state index contributed by atoms with van der Waals surface area (Å²) in [7, 11) is 0. The Labute approximate surface area is 118 Å². The molecule has 1 N–H and O–H groups in total. The molecule has 4 nitrogen and oxygen atoms in total. The number of thiazole rings is 1. The van der Waals surface area contributed by atoms with Gasteiger partial charge in [0.15, 0.2) is 5.13 Å². The van der Waals surface area contributed by atoms with Crippen molar-refractivity contribution in [3.63, 3.8) is 0 Å². The van der Waals surface area contributed by atoms with Gasteiger partial charge in [0.1, 0.15) is 4.88 Å². The van der Waals surface area contributed by atoms with Crippen molar-refractivity contribution in [1.29, 1.82) is 0 Å². The van der Waals surface area contributed by atoms with E-state index in [1.165, 1.54) is 37.0 Å². The lowest BCUT2D eigenvalue weighted by Gasteiger charge is -2.18. The monoisotopic (exact) mass is 282 g/mol. The highest BCUT2D eigenvalue weighted by molar-refractivity contribution is 7.17. The number of anilines is 1. The van der Waals surface area contributed by atoms with E-state index in [-0.39, 0.29) is 5.92 Å². The van der Waals surface area contributed by atoms with E-state index in [2.05, 4.69) is 16.8 Å². The third-order valence-electron chi connectivity index (χ3n) is 3.79. The van der Waals surface area contributed by atoms with Gasteiger partial charge in [-0.1, -0.05) is 38.0 Å². The number of hydrogen-bond acceptors (Lipinski definition) is 4. The molecular formula is C14H22N2O2S. The van der Waals surface area contributed by atoms with E-state index in [1.807, 2.05) is 6.92 Å². The molecule has 0 aliphatic carbocycles. The van der Waals surface area contributed by atoms with Gasteiger partial charge in [0.25, 0.3) is 0 Å². The molecular weight excluding hydrogens is 260 g/mol. The van der Waals surface area contributed by atoms with Gasteiger partial charge >= 0.3 is 5.97 Å². The predicted octanol–water partition coefficient (Wildman–Crippen LogP) is 3.74. The second-order valence-corrected chi connectivity index (χ2v) is 6.20. The molecule has 2 heterocycles. The molecule has 0 saturated carbocycles. The zero-order chi connectivity index (χ0) is 13.8. The fourth-order valence-electron chi connectivity index (χ4n) is 2.40. The van der Waals surface area contributed by atoms with E-state index in [1.54, 1.807) is 0 Å². The predicted molar refractivity (Wildman–Crippen MR) is 78.5 cm³/mol. The van der Waals surface area contributed by atoms with Crippen LogP contribution in [0.1, 0.15) is 67.2 Å². The van der Waals surface area contributed by atoms with E-state index in [4.69, 9.17) is 0 Å². The quantitative estimate of drug-likeness (QED) is 0.914. The molecule has 1 aliphatic rings. The Bertz CT molecular complexity index is 437. The maximum absolute atomic E-state index is 11.4. The maximum atomic E-state index is 11.4. The largest absolute Gasteiger partial charge is 0.477 e. The van der Waals surface area contributed by atoms with Crippen LogP contribution in [0.5, 0.6) is 0 Å². The molecule has 0 bridgehead atoms. The third kappa shape index (κ3) is 3.26. The molecule has 1 atom stereocenters. The topological polar surface area (TPSA) is 53.4 Å². The van der Waals surface area contributed by atoms with Crippen molar-refractivity contribution in [3.05, 3.63) is 10.6 Å².